The normalized spacial score (nSPS) is 22.4. The number of aliphatic hydroxyl groups excluding tert-OH is 1. The molecule has 1 aromatic rings. The number of piperidine rings is 1. The van der Waals surface area contributed by atoms with Crippen LogP contribution in [0.3, 0.4) is 0 Å². The number of carbonyl (C=O) groups is 2. The van der Waals surface area contributed by atoms with E-state index in [0.29, 0.717) is 17.2 Å². The van der Waals surface area contributed by atoms with Crippen LogP contribution in [0, 0.1) is 5.92 Å². The molecule has 2 heterocycles. The fraction of sp³-hybridized carbons (Fsp3) is 0.429. The first-order chi connectivity index (χ1) is 9.19. The van der Waals surface area contributed by atoms with Crippen molar-refractivity contribution in [2.45, 2.75) is 12.8 Å². The molecule has 1 unspecified atom stereocenters. The summed E-state index contributed by atoms with van der Waals surface area (Å²) in [5.74, 6) is -0.717. The fourth-order valence-corrected chi connectivity index (χ4v) is 2.78. The van der Waals surface area contributed by atoms with Gasteiger partial charge in [0, 0.05) is 25.4 Å². The Morgan fingerprint density at radius 2 is 2.21 bits per heavy atom. The summed E-state index contributed by atoms with van der Waals surface area (Å²) >= 11 is 0. The topological polar surface area (TPSA) is 69.6 Å². The number of ketones is 1. The smallest absolute Gasteiger partial charge is 0.296 e. The Bertz CT molecular complexity index is 541. The molecule has 0 bridgehead atoms. The Morgan fingerprint density at radius 1 is 1.37 bits per heavy atom. The number of hydrogen-bond acceptors (Lipinski definition) is 4. The van der Waals surface area contributed by atoms with E-state index >= 15 is 0 Å². The largest absolute Gasteiger partial charge is 0.396 e. The number of amides is 1. The average molecular weight is 260 g/mol. The van der Waals surface area contributed by atoms with Crippen molar-refractivity contribution in [1.29, 1.82) is 0 Å². The number of hydrogen-bond donors (Lipinski definition) is 2. The molecule has 5 nitrogen and oxygen atoms in total. The third kappa shape index (κ3) is 2.10. The number of anilines is 2. The molecule has 0 aliphatic carbocycles. The molecule has 2 aliphatic heterocycles. The summed E-state index contributed by atoms with van der Waals surface area (Å²) in [5.41, 5.74) is 2.04. The van der Waals surface area contributed by atoms with Crippen molar-refractivity contribution in [1.82, 2.24) is 0 Å². The van der Waals surface area contributed by atoms with Crippen molar-refractivity contribution in [3.63, 3.8) is 0 Å². The van der Waals surface area contributed by atoms with Gasteiger partial charge in [0.1, 0.15) is 0 Å². The molecule has 0 radical (unpaired) electrons. The predicted octanol–water partition coefficient (Wildman–Crippen LogP) is 1.03. The van der Waals surface area contributed by atoms with Crippen molar-refractivity contribution in [2.75, 3.05) is 29.9 Å². The van der Waals surface area contributed by atoms with Crippen LogP contribution in [-0.2, 0) is 4.79 Å². The molecule has 2 N–H and O–H groups in total. The highest BCUT2D eigenvalue weighted by molar-refractivity contribution is 6.51. The van der Waals surface area contributed by atoms with Crippen LogP contribution in [0.2, 0.25) is 0 Å². The van der Waals surface area contributed by atoms with Gasteiger partial charge >= 0.3 is 0 Å². The standard InChI is InChI=1S/C14H16N2O3/c17-8-9-2-1-5-16(7-9)10-3-4-11-12(6-10)15-14(19)13(11)18/h3-4,6,9,17H,1-2,5,7-8H2,(H,15,18,19). The van der Waals surface area contributed by atoms with Gasteiger partial charge in [0.05, 0.1) is 11.3 Å². The molecule has 1 aromatic carbocycles. The van der Waals surface area contributed by atoms with Gasteiger partial charge in [-0.1, -0.05) is 0 Å². The van der Waals surface area contributed by atoms with E-state index in [1.165, 1.54) is 0 Å². The lowest BCUT2D eigenvalue weighted by Crippen LogP contribution is -2.36. The Labute approximate surface area is 111 Å². The monoisotopic (exact) mass is 260 g/mol. The van der Waals surface area contributed by atoms with Crippen LogP contribution in [-0.4, -0.2) is 36.5 Å². The minimum atomic E-state index is -0.556. The second kappa shape index (κ2) is 4.66. The quantitative estimate of drug-likeness (QED) is 0.779. The van der Waals surface area contributed by atoms with E-state index in [9.17, 15) is 14.7 Å². The summed E-state index contributed by atoms with van der Waals surface area (Å²) in [5, 5.41) is 11.8. The minimum Gasteiger partial charge on any atom is -0.396 e. The van der Waals surface area contributed by atoms with E-state index in [2.05, 4.69) is 10.2 Å². The van der Waals surface area contributed by atoms with Gasteiger partial charge in [-0.3, -0.25) is 9.59 Å². The number of Topliss-reactive ketones (excluding diaryl/α,β-unsaturated/α-hetero) is 1. The average Bonchev–Trinajstić information content (AvgIpc) is 2.73. The lowest BCUT2D eigenvalue weighted by molar-refractivity contribution is -0.112. The van der Waals surface area contributed by atoms with E-state index < -0.39 is 11.7 Å². The first-order valence-electron chi connectivity index (χ1n) is 6.54. The second-order valence-corrected chi connectivity index (χ2v) is 5.15. The van der Waals surface area contributed by atoms with Gasteiger partial charge in [-0.15, -0.1) is 0 Å². The van der Waals surface area contributed by atoms with Gasteiger partial charge < -0.3 is 15.3 Å². The van der Waals surface area contributed by atoms with Crippen LogP contribution < -0.4 is 10.2 Å². The zero-order valence-electron chi connectivity index (χ0n) is 10.6. The van der Waals surface area contributed by atoms with Gasteiger partial charge in [0.15, 0.2) is 0 Å². The maximum Gasteiger partial charge on any atom is 0.296 e. The number of fused-ring (bicyclic) bond motifs is 1. The summed E-state index contributed by atoms with van der Waals surface area (Å²) in [7, 11) is 0. The maximum atomic E-state index is 11.5. The minimum absolute atomic E-state index is 0.205. The zero-order chi connectivity index (χ0) is 13.4. The Balaban J connectivity index is 1.85. The Kier molecular flexibility index (Phi) is 2.98. The van der Waals surface area contributed by atoms with Crippen LogP contribution >= 0.6 is 0 Å². The molecule has 3 rings (SSSR count). The number of rotatable bonds is 2. The SMILES string of the molecule is O=C1Nc2cc(N3CCCC(CO)C3)ccc2C1=O. The Hall–Kier alpha value is -1.88. The number of carbonyl (C=O) groups excluding carboxylic acids is 2. The zero-order valence-corrected chi connectivity index (χ0v) is 10.6. The predicted molar refractivity (Wildman–Crippen MR) is 71.4 cm³/mol. The molecule has 5 heteroatoms. The Morgan fingerprint density at radius 3 is 3.00 bits per heavy atom. The summed E-state index contributed by atoms with van der Waals surface area (Å²) in [4.78, 5) is 25.0. The third-order valence-electron chi connectivity index (χ3n) is 3.84. The van der Waals surface area contributed by atoms with Crippen LogP contribution in [0.5, 0.6) is 0 Å². The molecule has 1 saturated heterocycles. The molecule has 1 fully saturated rings. The summed E-state index contributed by atoms with van der Waals surface area (Å²) in [6, 6.07) is 5.42. The third-order valence-corrected chi connectivity index (χ3v) is 3.84. The molecular formula is C14H16N2O3. The first-order valence-corrected chi connectivity index (χ1v) is 6.54. The van der Waals surface area contributed by atoms with E-state index in [4.69, 9.17) is 0 Å². The highest BCUT2D eigenvalue weighted by Gasteiger charge is 2.29. The molecule has 1 amide bonds. The van der Waals surface area contributed by atoms with Gasteiger partial charge in [0.2, 0.25) is 0 Å². The molecular weight excluding hydrogens is 244 g/mol. The van der Waals surface area contributed by atoms with Crippen molar-refractivity contribution in [3.05, 3.63) is 23.8 Å². The number of benzene rings is 1. The molecule has 19 heavy (non-hydrogen) atoms. The van der Waals surface area contributed by atoms with Crippen LogP contribution in [0.1, 0.15) is 23.2 Å². The van der Waals surface area contributed by atoms with Crippen LogP contribution in [0.25, 0.3) is 0 Å². The molecule has 100 valence electrons. The number of aliphatic hydroxyl groups is 1. The van der Waals surface area contributed by atoms with Crippen LogP contribution in [0.4, 0.5) is 11.4 Å². The maximum absolute atomic E-state index is 11.5. The van der Waals surface area contributed by atoms with Gasteiger partial charge in [-0.05, 0) is 37.0 Å². The van der Waals surface area contributed by atoms with Crippen molar-refractivity contribution < 1.29 is 14.7 Å². The van der Waals surface area contributed by atoms with Crippen molar-refractivity contribution >= 4 is 23.1 Å². The van der Waals surface area contributed by atoms with E-state index in [1.807, 2.05) is 12.1 Å². The molecule has 0 saturated carbocycles. The molecule has 1 atom stereocenters. The van der Waals surface area contributed by atoms with Crippen LogP contribution in [0.15, 0.2) is 18.2 Å². The lowest BCUT2D eigenvalue weighted by Gasteiger charge is -2.33. The van der Waals surface area contributed by atoms with Crippen molar-refractivity contribution in [2.24, 2.45) is 5.92 Å². The van der Waals surface area contributed by atoms with Gasteiger partial charge in [-0.25, -0.2) is 0 Å². The fourth-order valence-electron chi connectivity index (χ4n) is 2.78. The summed E-state index contributed by atoms with van der Waals surface area (Å²) in [6.07, 6.45) is 2.10. The van der Waals surface area contributed by atoms with Crippen molar-refractivity contribution in [3.8, 4) is 0 Å². The molecule has 0 aromatic heterocycles. The van der Waals surface area contributed by atoms with Gasteiger partial charge in [-0.2, -0.15) is 0 Å². The van der Waals surface area contributed by atoms with E-state index in [1.54, 1.807) is 6.07 Å². The van der Waals surface area contributed by atoms with Gasteiger partial charge in [0.25, 0.3) is 11.7 Å². The highest BCUT2D eigenvalue weighted by Crippen LogP contribution is 2.30. The summed E-state index contributed by atoms with van der Waals surface area (Å²) in [6.45, 7) is 1.96. The van der Waals surface area contributed by atoms with E-state index in [0.717, 1.165) is 31.6 Å². The molecule has 2 aliphatic rings. The second-order valence-electron chi connectivity index (χ2n) is 5.15. The first kappa shape index (κ1) is 12.2. The molecule has 0 spiro atoms. The summed E-state index contributed by atoms with van der Waals surface area (Å²) < 4.78 is 0. The number of nitrogens with one attached hydrogen (secondary N) is 1. The van der Waals surface area contributed by atoms with E-state index in [-0.39, 0.29) is 6.61 Å². The number of nitrogens with zero attached hydrogens (tertiary/aromatic N) is 1. The highest BCUT2D eigenvalue weighted by atomic mass is 16.3. The lowest BCUT2D eigenvalue weighted by atomic mass is 9.98.